The van der Waals surface area contributed by atoms with E-state index in [1.54, 1.807) is 24.5 Å². The van der Waals surface area contributed by atoms with E-state index in [-0.39, 0.29) is 0 Å². The second-order valence-corrected chi connectivity index (χ2v) is 3.99. The number of halogens is 1. The van der Waals surface area contributed by atoms with Gasteiger partial charge in [0.25, 0.3) is 0 Å². The Morgan fingerprint density at radius 1 is 1.35 bits per heavy atom. The normalized spacial score (nSPS) is 9.88. The average molecular weight is 247 g/mol. The molecule has 0 atom stereocenters. The van der Waals surface area contributed by atoms with E-state index in [0.29, 0.717) is 17.1 Å². The summed E-state index contributed by atoms with van der Waals surface area (Å²) in [7, 11) is 0. The number of hydrogen-bond donors (Lipinski definition) is 1. The van der Waals surface area contributed by atoms with Crippen molar-refractivity contribution >= 4 is 17.3 Å². The molecule has 0 unspecified atom stereocenters. The number of furan rings is 1. The molecule has 0 aliphatic heterocycles. The summed E-state index contributed by atoms with van der Waals surface area (Å²) in [6.07, 6.45) is 2.42. The maximum Gasteiger partial charge on any atom is 0.105 e. The Morgan fingerprint density at radius 3 is 2.94 bits per heavy atom. The molecule has 0 aliphatic rings. The molecule has 0 radical (unpaired) electrons. The number of nitrogens with zero attached hydrogens (tertiary/aromatic N) is 1. The first-order chi connectivity index (χ1) is 8.29. The molecule has 1 aromatic carbocycles. The summed E-state index contributed by atoms with van der Waals surface area (Å²) < 4.78 is 5.22. The Kier molecular flexibility index (Phi) is 3.69. The molecular formula is C13H11ClN2O. The summed E-state index contributed by atoms with van der Waals surface area (Å²) in [5, 5.41) is 12.7. The highest BCUT2D eigenvalue weighted by Gasteiger charge is 2.02. The summed E-state index contributed by atoms with van der Waals surface area (Å²) in [6, 6.07) is 11.1. The van der Waals surface area contributed by atoms with E-state index < -0.39 is 0 Å². The molecule has 0 bridgehead atoms. The molecular weight excluding hydrogens is 236 g/mol. The third-order valence-electron chi connectivity index (χ3n) is 2.37. The van der Waals surface area contributed by atoms with Gasteiger partial charge < -0.3 is 9.73 Å². The topological polar surface area (TPSA) is 49.0 Å². The number of hydrogen-bond acceptors (Lipinski definition) is 3. The van der Waals surface area contributed by atoms with Crippen molar-refractivity contribution in [2.45, 2.75) is 6.42 Å². The summed E-state index contributed by atoms with van der Waals surface area (Å²) >= 11 is 5.88. The summed E-state index contributed by atoms with van der Waals surface area (Å²) in [4.78, 5) is 0. The van der Waals surface area contributed by atoms with Crippen LogP contribution < -0.4 is 5.32 Å². The standard InChI is InChI=1S/C13H11ClN2O/c14-11-4-3-10(9-15)13(8-11)16-6-5-12-2-1-7-17-12/h1-4,7-8,16H,5-6H2. The van der Waals surface area contributed by atoms with Gasteiger partial charge in [-0.05, 0) is 30.3 Å². The van der Waals surface area contributed by atoms with Crippen LogP contribution in [-0.2, 0) is 6.42 Å². The van der Waals surface area contributed by atoms with Crippen molar-refractivity contribution in [3.05, 3.63) is 52.9 Å². The monoisotopic (exact) mass is 246 g/mol. The van der Waals surface area contributed by atoms with Gasteiger partial charge in [-0.1, -0.05) is 11.6 Å². The van der Waals surface area contributed by atoms with E-state index in [1.807, 2.05) is 12.1 Å². The number of rotatable bonds is 4. The van der Waals surface area contributed by atoms with Gasteiger partial charge in [0.15, 0.2) is 0 Å². The van der Waals surface area contributed by atoms with Gasteiger partial charge in [0.05, 0.1) is 17.5 Å². The van der Waals surface area contributed by atoms with Crippen molar-refractivity contribution < 1.29 is 4.42 Å². The van der Waals surface area contributed by atoms with Crippen LogP contribution in [0.15, 0.2) is 41.0 Å². The van der Waals surface area contributed by atoms with Gasteiger partial charge in [0, 0.05) is 18.0 Å². The largest absolute Gasteiger partial charge is 0.469 e. The zero-order valence-corrected chi connectivity index (χ0v) is 9.87. The fraction of sp³-hybridized carbons (Fsp3) is 0.154. The van der Waals surface area contributed by atoms with Crippen molar-refractivity contribution in [2.24, 2.45) is 0 Å². The molecule has 2 aromatic rings. The number of nitrogens with one attached hydrogen (secondary N) is 1. The third kappa shape index (κ3) is 3.02. The highest BCUT2D eigenvalue weighted by molar-refractivity contribution is 6.30. The molecule has 0 amide bonds. The molecule has 3 nitrogen and oxygen atoms in total. The summed E-state index contributed by atoms with van der Waals surface area (Å²) in [5.41, 5.74) is 1.35. The molecule has 0 aliphatic carbocycles. The van der Waals surface area contributed by atoms with Crippen LogP contribution in [0.4, 0.5) is 5.69 Å². The van der Waals surface area contributed by atoms with Crippen molar-refractivity contribution in [1.82, 2.24) is 0 Å². The van der Waals surface area contributed by atoms with Crippen LogP contribution >= 0.6 is 11.6 Å². The van der Waals surface area contributed by atoms with Crippen LogP contribution in [0.3, 0.4) is 0 Å². The van der Waals surface area contributed by atoms with Crippen molar-refractivity contribution in [2.75, 3.05) is 11.9 Å². The van der Waals surface area contributed by atoms with Crippen molar-refractivity contribution in [1.29, 1.82) is 5.26 Å². The fourth-order valence-electron chi connectivity index (χ4n) is 1.54. The lowest BCUT2D eigenvalue weighted by Gasteiger charge is -2.07. The molecule has 0 fully saturated rings. The predicted molar refractivity (Wildman–Crippen MR) is 67.1 cm³/mol. The van der Waals surface area contributed by atoms with E-state index in [1.165, 1.54) is 0 Å². The van der Waals surface area contributed by atoms with Gasteiger partial charge in [0.2, 0.25) is 0 Å². The summed E-state index contributed by atoms with van der Waals surface area (Å²) in [6.45, 7) is 0.697. The Hall–Kier alpha value is -1.92. The lowest BCUT2D eigenvalue weighted by atomic mass is 10.2. The lowest BCUT2D eigenvalue weighted by molar-refractivity contribution is 0.513. The minimum absolute atomic E-state index is 0.592. The zero-order chi connectivity index (χ0) is 12.1. The maximum atomic E-state index is 8.94. The van der Waals surface area contributed by atoms with E-state index >= 15 is 0 Å². The second-order valence-electron chi connectivity index (χ2n) is 3.56. The molecule has 17 heavy (non-hydrogen) atoms. The highest BCUT2D eigenvalue weighted by Crippen LogP contribution is 2.20. The Bertz CT molecular complexity index is 529. The average Bonchev–Trinajstić information content (AvgIpc) is 2.82. The number of anilines is 1. The smallest absolute Gasteiger partial charge is 0.105 e. The number of benzene rings is 1. The lowest BCUT2D eigenvalue weighted by Crippen LogP contribution is -2.05. The van der Waals surface area contributed by atoms with E-state index in [9.17, 15) is 0 Å². The Morgan fingerprint density at radius 2 is 2.24 bits per heavy atom. The Balaban J connectivity index is 1.99. The first-order valence-corrected chi connectivity index (χ1v) is 5.63. The maximum absolute atomic E-state index is 8.94. The van der Waals surface area contributed by atoms with Gasteiger partial charge in [-0.15, -0.1) is 0 Å². The van der Waals surface area contributed by atoms with Gasteiger partial charge >= 0.3 is 0 Å². The molecule has 0 saturated carbocycles. The van der Waals surface area contributed by atoms with Crippen LogP contribution in [0.2, 0.25) is 5.02 Å². The van der Waals surface area contributed by atoms with Crippen LogP contribution in [-0.4, -0.2) is 6.54 Å². The second kappa shape index (κ2) is 5.42. The van der Waals surface area contributed by atoms with E-state index in [2.05, 4.69) is 11.4 Å². The molecule has 4 heteroatoms. The van der Waals surface area contributed by atoms with E-state index in [0.717, 1.165) is 17.9 Å². The fourth-order valence-corrected chi connectivity index (χ4v) is 1.71. The highest BCUT2D eigenvalue weighted by atomic mass is 35.5. The van der Waals surface area contributed by atoms with Crippen LogP contribution in [0.25, 0.3) is 0 Å². The quantitative estimate of drug-likeness (QED) is 0.899. The Labute approximate surface area is 105 Å². The molecule has 1 aromatic heterocycles. The minimum Gasteiger partial charge on any atom is -0.469 e. The first-order valence-electron chi connectivity index (χ1n) is 5.25. The van der Waals surface area contributed by atoms with Gasteiger partial charge in [-0.3, -0.25) is 0 Å². The van der Waals surface area contributed by atoms with Crippen molar-refractivity contribution in [3.8, 4) is 6.07 Å². The molecule has 1 heterocycles. The predicted octanol–water partition coefficient (Wildman–Crippen LogP) is 3.46. The van der Waals surface area contributed by atoms with Crippen LogP contribution in [0.1, 0.15) is 11.3 Å². The van der Waals surface area contributed by atoms with Crippen LogP contribution in [0.5, 0.6) is 0 Å². The molecule has 0 saturated heterocycles. The van der Waals surface area contributed by atoms with Gasteiger partial charge in [-0.25, -0.2) is 0 Å². The molecule has 2 rings (SSSR count). The zero-order valence-electron chi connectivity index (χ0n) is 9.11. The summed E-state index contributed by atoms with van der Waals surface area (Å²) in [5.74, 6) is 0.915. The van der Waals surface area contributed by atoms with Crippen molar-refractivity contribution in [3.63, 3.8) is 0 Å². The first kappa shape index (κ1) is 11.6. The van der Waals surface area contributed by atoms with Crippen LogP contribution in [0, 0.1) is 11.3 Å². The minimum atomic E-state index is 0.592. The molecule has 86 valence electrons. The third-order valence-corrected chi connectivity index (χ3v) is 2.60. The molecule has 1 N–H and O–H groups in total. The number of nitriles is 1. The van der Waals surface area contributed by atoms with Gasteiger partial charge in [0.1, 0.15) is 11.8 Å². The molecule has 0 spiro atoms. The van der Waals surface area contributed by atoms with E-state index in [4.69, 9.17) is 21.3 Å². The van der Waals surface area contributed by atoms with Gasteiger partial charge in [-0.2, -0.15) is 5.26 Å². The SMILES string of the molecule is N#Cc1ccc(Cl)cc1NCCc1ccco1.